The molecule has 6 heteroatoms. The maximum absolute atomic E-state index is 13.7. The zero-order chi connectivity index (χ0) is 15.2. The average molecular weight is 298 g/mol. The highest BCUT2D eigenvalue weighted by atomic mass is 19.1. The van der Waals surface area contributed by atoms with Gasteiger partial charge in [0.15, 0.2) is 11.5 Å². The third kappa shape index (κ3) is 3.97. The molecular weight excluding hydrogens is 278 g/mol. The first-order valence-corrected chi connectivity index (χ1v) is 7.24. The van der Waals surface area contributed by atoms with Crippen molar-refractivity contribution in [2.45, 2.75) is 38.1 Å². The molecule has 1 unspecified atom stereocenters. The number of pyridine rings is 1. The van der Waals surface area contributed by atoms with E-state index in [0.717, 1.165) is 38.3 Å². The van der Waals surface area contributed by atoms with Crippen LogP contribution in [-0.2, 0) is 4.74 Å². The lowest BCUT2D eigenvalue weighted by Gasteiger charge is -2.35. The molecule has 1 aliphatic rings. The topological polar surface area (TPSA) is 42.4 Å². The van der Waals surface area contributed by atoms with Crippen molar-refractivity contribution < 1.29 is 18.3 Å². The second-order valence-corrected chi connectivity index (χ2v) is 5.27. The second-order valence-electron chi connectivity index (χ2n) is 5.27. The minimum absolute atomic E-state index is 0.0765. The second kappa shape index (κ2) is 7.45. The fourth-order valence-electron chi connectivity index (χ4n) is 2.74. The van der Waals surface area contributed by atoms with Crippen LogP contribution in [0, 0.1) is 11.6 Å². The number of methoxy groups -OCH3 is 1. The van der Waals surface area contributed by atoms with E-state index in [1.165, 1.54) is 0 Å². The van der Waals surface area contributed by atoms with E-state index in [0.29, 0.717) is 19.2 Å². The molecule has 0 spiro atoms. The van der Waals surface area contributed by atoms with Crippen LogP contribution < -0.4 is 0 Å². The normalized spacial score (nSPS) is 18.8. The molecule has 1 atom stereocenters. The van der Waals surface area contributed by atoms with Gasteiger partial charge in [0.05, 0.1) is 6.20 Å². The molecule has 1 amide bonds. The summed E-state index contributed by atoms with van der Waals surface area (Å²) in [5.41, 5.74) is -0.296. The van der Waals surface area contributed by atoms with Crippen molar-refractivity contribution in [1.29, 1.82) is 0 Å². The molecule has 1 aliphatic heterocycles. The molecule has 1 saturated heterocycles. The van der Waals surface area contributed by atoms with Gasteiger partial charge in [-0.1, -0.05) is 0 Å². The number of piperidine rings is 1. The van der Waals surface area contributed by atoms with Crippen molar-refractivity contribution >= 4 is 5.91 Å². The lowest BCUT2D eigenvalue weighted by Crippen LogP contribution is -2.44. The van der Waals surface area contributed by atoms with Gasteiger partial charge in [0.25, 0.3) is 5.91 Å². The maximum Gasteiger partial charge on any atom is 0.275 e. The Labute approximate surface area is 123 Å². The molecule has 0 aromatic carbocycles. The van der Waals surface area contributed by atoms with Gasteiger partial charge < -0.3 is 9.64 Å². The summed E-state index contributed by atoms with van der Waals surface area (Å²) in [5, 5.41) is 0. The number of rotatable bonds is 5. The molecular formula is C15H20F2N2O2. The largest absolute Gasteiger partial charge is 0.385 e. The number of carbonyl (C=O) groups excluding carboxylic acids is 1. The van der Waals surface area contributed by atoms with Gasteiger partial charge in [0.1, 0.15) is 5.82 Å². The van der Waals surface area contributed by atoms with Crippen molar-refractivity contribution in [3.05, 3.63) is 29.6 Å². The van der Waals surface area contributed by atoms with E-state index in [4.69, 9.17) is 4.74 Å². The molecule has 0 saturated carbocycles. The van der Waals surface area contributed by atoms with E-state index in [1.807, 2.05) is 0 Å². The van der Waals surface area contributed by atoms with Crippen LogP contribution in [0.5, 0.6) is 0 Å². The zero-order valence-electron chi connectivity index (χ0n) is 12.1. The first kappa shape index (κ1) is 15.8. The minimum Gasteiger partial charge on any atom is -0.385 e. The zero-order valence-corrected chi connectivity index (χ0v) is 12.1. The lowest BCUT2D eigenvalue weighted by molar-refractivity contribution is 0.0573. The van der Waals surface area contributed by atoms with Crippen LogP contribution in [0.15, 0.2) is 12.3 Å². The van der Waals surface area contributed by atoms with Crippen LogP contribution >= 0.6 is 0 Å². The molecule has 0 radical (unpaired) electrons. The van der Waals surface area contributed by atoms with Gasteiger partial charge in [-0.25, -0.2) is 13.8 Å². The number of ether oxygens (including phenoxy) is 1. The van der Waals surface area contributed by atoms with Gasteiger partial charge in [0, 0.05) is 32.4 Å². The van der Waals surface area contributed by atoms with E-state index >= 15 is 0 Å². The molecule has 0 aliphatic carbocycles. The van der Waals surface area contributed by atoms with Gasteiger partial charge in [0.2, 0.25) is 0 Å². The van der Waals surface area contributed by atoms with Crippen LogP contribution in [-0.4, -0.2) is 42.1 Å². The van der Waals surface area contributed by atoms with E-state index < -0.39 is 17.5 Å². The quantitative estimate of drug-likeness (QED) is 0.785. The Morgan fingerprint density at radius 1 is 1.48 bits per heavy atom. The predicted molar refractivity (Wildman–Crippen MR) is 73.9 cm³/mol. The summed E-state index contributed by atoms with van der Waals surface area (Å²) < 4.78 is 31.6. The first-order chi connectivity index (χ1) is 10.1. The SMILES string of the molecule is COCCCC1CCCCN1C(=O)c1ncc(F)cc1F. The molecule has 4 nitrogen and oxygen atoms in total. The summed E-state index contributed by atoms with van der Waals surface area (Å²) in [6.07, 6.45) is 5.40. The number of hydrogen-bond acceptors (Lipinski definition) is 3. The lowest BCUT2D eigenvalue weighted by atomic mass is 9.97. The van der Waals surface area contributed by atoms with Crippen molar-refractivity contribution in [3.8, 4) is 0 Å². The fraction of sp³-hybridized carbons (Fsp3) is 0.600. The van der Waals surface area contributed by atoms with Crippen LogP contribution in [0.4, 0.5) is 8.78 Å². The summed E-state index contributed by atoms with van der Waals surface area (Å²) in [4.78, 5) is 17.7. The number of nitrogens with zero attached hydrogens (tertiary/aromatic N) is 2. The predicted octanol–water partition coefficient (Wildman–Crippen LogP) is 2.78. The minimum atomic E-state index is -0.902. The molecule has 1 aromatic rings. The number of amides is 1. The summed E-state index contributed by atoms with van der Waals surface area (Å²) >= 11 is 0. The highest BCUT2D eigenvalue weighted by molar-refractivity contribution is 5.92. The van der Waals surface area contributed by atoms with Gasteiger partial charge in [-0.3, -0.25) is 4.79 Å². The molecule has 0 N–H and O–H groups in total. The van der Waals surface area contributed by atoms with E-state index in [-0.39, 0.29) is 11.7 Å². The number of hydrogen-bond donors (Lipinski definition) is 0. The third-order valence-electron chi connectivity index (χ3n) is 3.78. The molecule has 116 valence electrons. The maximum atomic E-state index is 13.7. The Morgan fingerprint density at radius 3 is 3.00 bits per heavy atom. The van der Waals surface area contributed by atoms with E-state index in [2.05, 4.69) is 4.98 Å². The van der Waals surface area contributed by atoms with Crippen molar-refractivity contribution in [3.63, 3.8) is 0 Å². The smallest absolute Gasteiger partial charge is 0.275 e. The molecule has 2 rings (SSSR count). The Morgan fingerprint density at radius 2 is 2.29 bits per heavy atom. The van der Waals surface area contributed by atoms with Crippen molar-refractivity contribution in [2.75, 3.05) is 20.3 Å². The first-order valence-electron chi connectivity index (χ1n) is 7.24. The number of aromatic nitrogens is 1. The van der Waals surface area contributed by atoms with Gasteiger partial charge in [-0.15, -0.1) is 0 Å². The Bertz CT molecular complexity index is 497. The molecule has 2 heterocycles. The Kier molecular flexibility index (Phi) is 5.61. The highest BCUT2D eigenvalue weighted by Crippen LogP contribution is 2.23. The van der Waals surface area contributed by atoms with Crippen LogP contribution in [0.25, 0.3) is 0 Å². The van der Waals surface area contributed by atoms with Gasteiger partial charge in [-0.05, 0) is 32.1 Å². The summed E-state index contributed by atoms with van der Waals surface area (Å²) in [7, 11) is 1.64. The molecule has 1 fully saturated rings. The standard InChI is InChI=1S/C15H20F2N2O2/c1-21-8-4-6-12-5-2-3-7-19(12)15(20)14-13(17)9-11(16)10-18-14/h9-10,12H,2-8H2,1H3. The summed E-state index contributed by atoms with van der Waals surface area (Å²) in [5.74, 6) is -2.13. The molecule has 21 heavy (non-hydrogen) atoms. The van der Waals surface area contributed by atoms with Gasteiger partial charge in [-0.2, -0.15) is 0 Å². The summed E-state index contributed by atoms with van der Waals surface area (Å²) in [6.45, 7) is 1.23. The monoisotopic (exact) mass is 298 g/mol. The summed E-state index contributed by atoms with van der Waals surface area (Å²) in [6, 6.07) is 0.775. The third-order valence-corrected chi connectivity index (χ3v) is 3.78. The van der Waals surface area contributed by atoms with Crippen LogP contribution in [0.1, 0.15) is 42.6 Å². The fourth-order valence-corrected chi connectivity index (χ4v) is 2.74. The molecule has 0 bridgehead atoms. The molecule has 1 aromatic heterocycles. The van der Waals surface area contributed by atoms with E-state index in [9.17, 15) is 13.6 Å². The highest BCUT2D eigenvalue weighted by Gasteiger charge is 2.29. The van der Waals surface area contributed by atoms with Crippen molar-refractivity contribution in [2.24, 2.45) is 0 Å². The number of halogens is 2. The Balaban J connectivity index is 2.10. The average Bonchev–Trinajstić information content (AvgIpc) is 2.47. The van der Waals surface area contributed by atoms with Gasteiger partial charge >= 0.3 is 0 Å². The van der Waals surface area contributed by atoms with Crippen LogP contribution in [0.3, 0.4) is 0 Å². The van der Waals surface area contributed by atoms with Crippen molar-refractivity contribution in [1.82, 2.24) is 9.88 Å². The number of carbonyl (C=O) groups is 1. The Hall–Kier alpha value is -1.56. The number of likely N-dealkylation sites (tertiary alicyclic amines) is 1. The van der Waals surface area contributed by atoms with Crippen LogP contribution in [0.2, 0.25) is 0 Å². The van der Waals surface area contributed by atoms with E-state index in [1.54, 1.807) is 12.0 Å².